The SMILES string of the molecule is N#Cc1ccc(-c2nc(COc3ccc(CCCn4ccnc4)cc3)co2)cc1. The molecule has 144 valence electrons. The van der Waals surface area contributed by atoms with Crippen molar-refractivity contribution in [2.45, 2.75) is 26.0 Å². The summed E-state index contributed by atoms with van der Waals surface area (Å²) in [5.74, 6) is 1.31. The summed E-state index contributed by atoms with van der Waals surface area (Å²) in [5, 5.41) is 8.87. The van der Waals surface area contributed by atoms with E-state index in [9.17, 15) is 0 Å². The van der Waals surface area contributed by atoms with E-state index in [4.69, 9.17) is 14.4 Å². The van der Waals surface area contributed by atoms with E-state index in [0.717, 1.165) is 30.7 Å². The van der Waals surface area contributed by atoms with E-state index in [1.165, 1.54) is 5.56 Å². The number of rotatable bonds is 8. The van der Waals surface area contributed by atoms with Crippen LogP contribution in [0.2, 0.25) is 0 Å². The van der Waals surface area contributed by atoms with E-state index in [0.29, 0.717) is 23.8 Å². The van der Waals surface area contributed by atoms with Gasteiger partial charge in [-0.15, -0.1) is 0 Å². The molecule has 0 radical (unpaired) electrons. The van der Waals surface area contributed by atoms with Gasteiger partial charge < -0.3 is 13.7 Å². The van der Waals surface area contributed by atoms with Crippen LogP contribution in [0.3, 0.4) is 0 Å². The topological polar surface area (TPSA) is 76.9 Å². The summed E-state index contributed by atoms with van der Waals surface area (Å²) in [4.78, 5) is 8.51. The normalized spacial score (nSPS) is 10.6. The zero-order valence-corrected chi connectivity index (χ0v) is 15.9. The average molecular weight is 384 g/mol. The molecule has 0 saturated heterocycles. The van der Waals surface area contributed by atoms with Crippen LogP contribution in [-0.2, 0) is 19.6 Å². The Kier molecular flexibility index (Phi) is 5.68. The summed E-state index contributed by atoms with van der Waals surface area (Å²) in [6.45, 7) is 1.30. The van der Waals surface area contributed by atoms with E-state index < -0.39 is 0 Å². The molecule has 29 heavy (non-hydrogen) atoms. The van der Waals surface area contributed by atoms with Crippen LogP contribution in [0.5, 0.6) is 5.75 Å². The first-order valence-corrected chi connectivity index (χ1v) is 9.42. The van der Waals surface area contributed by atoms with Gasteiger partial charge in [0.05, 0.1) is 18.0 Å². The lowest BCUT2D eigenvalue weighted by molar-refractivity contribution is 0.301. The molecule has 0 aliphatic heterocycles. The quantitative estimate of drug-likeness (QED) is 0.443. The van der Waals surface area contributed by atoms with Crippen molar-refractivity contribution in [3.8, 4) is 23.3 Å². The highest BCUT2D eigenvalue weighted by Crippen LogP contribution is 2.20. The molecule has 0 bridgehead atoms. The molecule has 0 aliphatic rings. The molecule has 6 heteroatoms. The molecular formula is C23H20N4O2. The summed E-state index contributed by atoms with van der Waals surface area (Å²) >= 11 is 0. The van der Waals surface area contributed by atoms with Gasteiger partial charge in [-0.2, -0.15) is 5.26 Å². The molecule has 2 aromatic heterocycles. The number of ether oxygens (including phenoxy) is 1. The molecule has 0 fully saturated rings. The van der Waals surface area contributed by atoms with Crippen molar-refractivity contribution in [2.24, 2.45) is 0 Å². The van der Waals surface area contributed by atoms with Gasteiger partial charge in [-0.05, 0) is 54.8 Å². The van der Waals surface area contributed by atoms with Crippen molar-refractivity contribution in [3.05, 3.63) is 90.3 Å². The number of benzene rings is 2. The number of hydrogen-bond donors (Lipinski definition) is 0. The molecule has 4 rings (SSSR count). The molecule has 0 spiro atoms. The maximum absolute atomic E-state index is 8.87. The maximum atomic E-state index is 8.87. The first kappa shape index (κ1) is 18.5. The van der Waals surface area contributed by atoms with Crippen LogP contribution in [0.25, 0.3) is 11.5 Å². The lowest BCUT2D eigenvalue weighted by atomic mass is 10.1. The number of oxazole rings is 1. The minimum absolute atomic E-state index is 0.333. The second-order valence-corrected chi connectivity index (χ2v) is 6.67. The zero-order chi connectivity index (χ0) is 19.9. The van der Waals surface area contributed by atoms with Crippen molar-refractivity contribution in [1.82, 2.24) is 14.5 Å². The molecule has 6 nitrogen and oxygen atoms in total. The van der Waals surface area contributed by atoms with Crippen LogP contribution in [0.1, 0.15) is 23.2 Å². The van der Waals surface area contributed by atoms with Gasteiger partial charge >= 0.3 is 0 Å². The third kappa shape index (κ3) is 4.90. The van der Waals surface area contributed by atoms with Gasteiger partial charge in [0, 0.05) is 24.5 Å². The van der Waals surface area contributed by atoms with Gasteiger partial charge in [-0.3, -0.25) is 0 Å². The summed E-state index contributed by atoms with van der Waals surface area (Å²) in [5.41, 5.74) is 3.43. The van der Waals surface area contributed by atoms with Crippen LogP contribution < -0.4 is 4.74 Å². The average Bonchev–Trinajstić information content (AvgIpc) is 3.46. The number of nitrogens with zero attached hydrogens (tertiary/aromatic N) is 4. The second kappa shape index (κ2) is 8.89. The second-order valence-electron chi connectivity index (χ2n) is 6.67. The van der Waals surface area contributed by atoms with Gasteiger partial charge in [-0.1, -0.05) is 12.1 Å². The largest absolute Gasteiger partial charge is 0.487 e. The number of nitriles is 1. The number of hydrogen-bond acceptors (Lipinski definition) is 5. The van der Waals surface area contributed by atoms with Gasteiger partial charge in [0.1, 0.15) is 24.3 Å². The number of imidazole rings is 1. The molecule has 2 heterocycles. The van der Waals surface area contributed by atoms with Crippen molar-refractivity contribution < 1.29 is 9.15 Å². The monoisotopic (exact) mass is 384 g/mol. The Balaban J connectivity index is 1.27. The highest BCUT2D eigenvalue weighted by Gasteiger charge is 2.07. The Labute approximate surface area is 169 Å². The standard InChI is InChI=1S/C23H20N4O2/c24-14-19-3-7-20(8-4-19)23-26-21(16-29-23)15-28-22-9-5-18(6-10-22)2-1-12-27-13-11-25-17-27/h3-11,13,16-17H,1-2,12,15H2. The Morgan fingerprint density at radius 3 is 2.62 bits per heavy atom. The summed E-state index contributed by atoms with van der Waals surface area (Å²) in [6, 6.07) is 17.4. The Morgan fingerprint density at radius 2 is 1.90 bits per heavy atom. The number of aromatic nitrogens is 3. The molecular weight excluding hydrogens is 364 g/mol. The molecule has 2 aromatic carbocycles. The van der Waals surface area contributed by atoms with Crippen LogP contribution >= 0.6 is 0 Å². The minimum atomic E-state index is 0.333. The fraction of sp³-hybridized carbons (Fsp3) is 0.174. The van der Waals surface area contributed by atoms with Gasteiger partial charge in [0.25, 0.3) is 0 Å². The van der Waals surface area contributed by atoms with Crippen LogP contribution in [0, 0.1) is 11.3 Å². The molecule has 4 aromatic rings. The van der Waals surface area contributed by atoms with Crippen molar-refractivity contribution in [1.29, 1.82) is 5.26 Å². The molecule has 0 saturated carbocycles. The fourth-order valence-electron chi connectivity index (χ4n) is 2.99. The summed E-state index contributed by atoms with van der Waals surface area (Å²) in [6.07, 6.45) is 9.29. The molecule has 0 aliphatic carbocycles. The highest BCUT2D eigenvalue weighted by atomic mass is 16.5. The van der Waals surface area contributed by atoms with E-state index in [1.807, 2.05) is 36.8 Å². The Hall–Kier alpha value is -3.85. The summed E-state index contributed by atoms with van der Waals surface area (Å²) < 4.78 is 13.4. The van der Waals surface area contributed by atoms with Crippen LogP contribution in [0.15, 0.2) is 77.9 Å². The maximum Gasteiger partial charge on any atom is 0.226 e. The minimum Gasteiger partial charge on any atom is -0.487 e. The van der Waals surface area contributed by atoms with E-state index in [-0.39, 0.29) is 0 Å². The van der Waals surface area contributed by atoms with E-state index in [2.05, 4.69) is 32.7 Å². The van der Waals surface area contributed by atoms with Crippen molar-refractivity contribution >= 4 is 0 Å². The van der Waals surface area contributed by atoms with Gasteiger partial charge in [0.15, 0.2) is 0 Å². The fourth-order valence-corrected chi connectivity index (χ4v) is 2.99. The lowest BCUT2D eigenvalue weighted by Crippen LogP contribution is -1.98. The third-order valence-electron chi connectivity index (χ3n) is 4.56. The zero-order valence-electron chi connectivity index (χ0n) is 15.9. The Bertz CT molecular complexity index is 1080. The molecule has 0 atom stereocenters. The van der Waals surface area contributed by atoms with E-state index in [1.54, 1.807) is 24.6 Å². The first-order valence-electron chi connectivity index (χ1n) is 9.42. The molecule has 0 N–H and O–H groups in total. The van der Waals surface area contributed by atoms with E-state index >= 15 is 0 Å². The number of aryl methyl sites for hydroxylation is 2. The summed E-state index contributed by atoms with van der Waals surface area (Å²) in [7, 11) is 0. The lowest BCUT2D eigenvalue weighted by Gasteiger charge is -2.06. The first-order chi connectivity index (χ1) is 14.3. The van der Waals surface area contributed by atoms with Gasteiger partial charge in [0.2, 0.25) is 5.89 Å². The molecule has 0 unspecified atom stereocenters. The molecule has 0 amide bonds. The van der Waals surface area contributed by atoms with Crippen molar-refractivity contribution in [3.63, 3.8) is 0 Å². The smallest absolute Gasteiger partial charge is 0.226 e. The van der Waals surface area contributed by atoms with Crippen LogP contribution in [0.4, 0.5) is 0 Å². The van der Waals surface area contributed by atoms with Crippen molar-refractivity contribution in [2.75, 3.05) is 0 Å². The van der Waals surface area contributed by atoms with Gasteiger partial charge in [-0.25, -0.2) is 9.97 Å². The predicted octanol–water partition coefficient (Wildman–Crippen LogP) is 4.62. The van der Waals surface area contributed by atoms with Crippen LogP contribution in [-0.4, -0.2) is 14.5 Å². The Morgan fingerprint density at radius 1 is 1.07 bits per heavy atom. The third-order valence-corrected chi connectivity index (χ3v) is 4.56. The predicted molar refractivity (Wildman–Crippen MR) is 108 cm³/mol. The highest BCUT2D eigenvalue weighted by molar-refractivity contribution is 5.54.